The fourth-order valence-electron chi connectivity index (χ4n) is 1.62. The summed E-state index contributed by atoms with van der Waals surface area (Å²) in [4.78, 5) is 13.4. The number of hydrogen-bond donors (Lipinski definition) is 0. The smallest absolute Gasteiger partial charge is 0.161 e. The quantitative estimate of drug-likeness (QED) is 0.562. The normalized spacial score (nSPS) is 9.94. The molecule has 0 aliphatic carbocycles. The number of benzene rings is 1. The van der Waals surface area contributed by atoms with Crippen LogP contribution in [0.4, 0.5) is 10.1 Å². The molecule has 0 heterocycles. The van der Waals surface area contributed by atoms with Crippen LogP contribution in [-0.2, 0) is 0 Å². The van der Waals surface area contributed by atoms with Gasteiger partial charge in [0.25, 0.3) is 0 Å². The zero-order chi connectivity index (χ0) is 12.1. The summed E-state index contributed by atoms with van der Waals surface area (Å²) in [5.41, 5.74) is 1.18. The molecule has 0 radical (unpaired) electrons. The topological polar surface area (TPSA) is 20.3 Å². The predicted octanol–water partition coefficient (Wildman–Crippen LogP) is 3.04. The Kier molecular flexibility index (Phi) is 4.23. The Bertz CT molecular complexity index is 401. The average molecular weight is 221 g/mol. The van der Waals surface area contributed by atoms with E-state index in [1.54, 1.807) is 12.1 Å². The number of rotatable bonds is 5. The van der Waals surface area contributed by atoms with Crippen LogP contribution in [0.25, 0.3) is 0 Å². The van der Waals surface area contributed by atoms with Gasteiger partial charge in [-0.05, 0) is 32.0 Å². The van der Waals surface area contributed by atoms with E-state index < -0.39 is 0 Å². The van der Waals surface area contributed by atoms with Crippen molar-refractivity contribution in [2.75, 3.05) is 18.0 Å². The molecule has 0 saturated heterocycles. The molecule has 3 heteroatoms. The minimum Gasteiger partial charge on any atom is -0.368 e. The number of halogens is 1. The molecule has 0 aliphatic rings. The number of Topliss-reactive ketones (excluding diaryl/α,β-unsaturated/α-hetero) is 1. The molecule has 0 saturated carbocycles. The van der Waals surface area contributed by atoms with Crippen LogP contribution in [0.15, 0.2) is 30.9 Å². The summed E-state index contributed by atoms with van der Waals surface area (Å²) in [6, 6.07) is 4.29. The molecule has 0 unspecified atom stereocenters. The van der Waals surface area contributed by atoms with Crippen molar-refractivity contribution in [3.8, 4) is 0 Å². The van der Waals surface area contributed by atoms with Gasteiger partial charge < -0.3 is 4.90 Å². The Labute approximate surface area is 95.4 Å². The highest BCUT2D eigenvalue weighted by Gasteiger charge is 2.12. The number of carbonyl (C=O) groups excluding carboxylic acids is 1. The standard InChI is InChI=1S/C13H16FNO/c1-4-8-15(5-2)13-7-6-11(14)9-12(13)10(3)16/h4,6-7,9H,1,5,8H2,2-3H3. The average Bonchev–Trinajstić information content (AvgIpc) is 2.26. The number of anilines is 1. The van der Waals surface area contributed by atoms with Crippen molar-refractivity contribution in [3.05, 3.63) is 42.2 Å². The van der Waals surface area contributed by atoms with Crippen molar-refractivity contribution in [2.45, 2.75) is 13.8 Å². The minimum absolute atomic E-state index is 0.128. The van der Waals surface area contributed by atoms with Crippen LogP contribution in [0.1, 0.15) is 24.2 Å². The van der Waals surface area contributed by atoms with Crippen LogP contribution in [0.2, 0.25) is 0 Å². The van der Waals surface area contributed by atoms with Crippen LogP contribution in [0.5, 0.6) is 0 Å². The van der Waals surface area contributed by atoms with Crippen molar-refractivity contribution in [2.24, 2.45) is 0 Å². The SMILES string of the molecule is C=CCN(CC)c1ccc(F)cc1C(C)=O. The van der Waals surface area contributed by atoms with Crippen LogP contribution < -0.4 is 4.90 Å². The van der Waals surface area contributed by atoms with E-state index in [-0.39, 0.29) is 11.6 Å². The number of ketones is 1. The van der Waals surface area contributed by atoms with Gasteiger partial charge in [0.2, 0.25) is 0 Å². The lowest BCUT2D eigenvalue weighted by atomic mass is 10.1. The van der Waals surface area contributed by atoms with Gasteiger partial charge in [-0.25, -0.2) is 4.39 Å². The molecule has 1 aromatic carbocycles. The molecule has 0 aliphatic heterocycles. The van der Waals surface area contributed by atoms with Gasteiger partial charge in [-0.1, -0.05) is 6.08 Å². The molecule has 0 amide bonds. The van der Waals surface area contributed by atoms with Gasteiger partial charge in [0.05, 0.1) is 0 Å². The van der Waals surface area contributed by atoms with Gasteiger partial charge in [0.15, 0.2) is 5.78 Å². The molecule has 0 fully saturated rings. The van der Waals surface area contributed by atoms with Gasteiger partial charge in [0.1, 0.15) is 5.82 Å². The first-order valence-corrected chi connectivity index (χ1v) is 5.26. The van der Waals surface area contributed by atoms with E-state index in [2.05, 4.69) is 6.58 Å². The lowest BCUT2D eigenvalue weighted by Gasteiger charge is -2.23. The third-order valence-electron chi connectivity index (χ3n) is 2.41. The van der Waals surface area contributed by atoms with Crippen LogP contribution in [0, 0.1) is 5.82 Å². The summed E-state index contributed by atoms with van der Waals surface area (Å²) in [7, 11) is 0. The van der Waals surface area contributed by atoms with Gasteiger partial charge in [-0.2, -0.15) is 0 Å². The molecular weight excluding hydrogens is 205 g/mol. The van der Waals surface area contributed by atoms with E-state index >= 15 is 0 Å². The van der Waals surface area contributed by atoms with Crippen LogP contribution >= 0.6 is 0 Å². The van der Waals surface area contributed by atoms with Crippen molar-refractivity contribution >= 4 is 11.5 Å². The predicted molar refractivity (Wildman–Crippen MR) is 64.5 cm³/mol. The Balaban J connectivity index is 3.19. The van der Waals surface area contributed by atoms with Crippen molar-refractivity contribution < 1.29 is 9.18 Å². The van der Waals surface area contributed by atoms with E-state index in [0.29, 0.717) is 12.1 Å². The minimum atomic E-state index is -0.386. The van der Waals surface area contributed by atoms with Gasteiger partial charge >= 0.3 is 0 Å². The fourth-order valence-corrected chi connectivity index (χ4v) is 1.62. The second kappa shape index (κ2) is 5.45. The van der Waals surface area contributed by atoms with E-state index in [1.807, 2.05) is 11.8 Å². The Morgan fingerprint density at radius 2 is 2.25 bits per heavy atom. The number of likely N-dealkylation sites (N-methyl/N-ethyl adjacent to an activating group) is 1. The van der Waals surface area contributed by atoms with Gasteiger partial charge in [0, 0.05) is 24.3 Å². The Morgan fingerprint density at radius 3 is 2.75 bits per heavy atom. The third kappa shape index (κ3) is 2.69. The Morgan fingerprint density at radius 1 is 1.56 bits per heavy atom. The van der Waals surface area contributed by atoms with Crippen molar-refractivity contribution in [1.82, 2.24) is 0 Å². The first-order valence-electron chi connectivity index (χ1n) is 5.26. The highest BCUT2D eigenvalue weighted by molar-refractivity contribution is 5.99. The molecular formula is C13H16FNO. The molecule has 1 aromatic rings. The van der Waals surface area contributed by atoms with Gasteiger partial charge in [-0.15, -0.1) is 6.58 Å². The van der Waals surface area contributed by atoms with Crippen LogP contribution in [-0.4, -0.2) is 18.9 Å². The molecule has 86 valence electrons. The molecule has 0 bridgehead atoms. The highest BCUT2D eigenvalue weighted by atomic mass is 19.1. The first-order chi connectivity index (χ1) is 7.60. The molecule has 1 rings (SSSR count). The molecule has 0 aromatic heterocycles. The highest BCUT2D eigenvalue weighted by Crippen LogP contribution is 2.22. The second-order valence-electron chi connectivity index (χ2n) is 3.54. The maximum Gasteiger partial charge on any atom is 0.161 e. The molecule has 16 heavy (non-hydrogen) atoms. The van der Waals surface area contributed by atoms with Gasteiger partial charge in [-0.3, -0.25) is 4.79 Å². The van der Waals surface area contributed by atoms with E-state index in [4.69, 9.17) is 0 Å². The lowest BCUT2D eigenvalue weighted by molar-refractivity contribution is 0.101. The van der Waals surface area contributed by atoms with Crippen molar-refractivity contribution in [1.29, 1.82) is 0 Å². The third-order valence-corrected chi connectivity index (χ3v) is 2.41. The largest absolute Gasteiger partial charge is 0.368 e. The summed E-state index contributed by atoms with van der Waals surface area (Å²) < 4.78 is 13.1. The zero-order valence-corrected chi connectivity index (χ0v) is 9.66. The molecule has 0 N–H and O–H groups in total. The lowest BCUT2D eigenvalue weighted by Crippen LogP contribution is -2.24. The summed E-state index contributed by atoms with van der Waals surface area (Å²) in [6.45, 7) is 8.48. The van der Waals surface area contributed by atoms with Crippen molar-refractivity contribution in [3.63, 3.8) is 0 Å². The molecule has 2 nitrogen and oxygen atoms in total. The maximum absolute atomic E-state index is 13.1. The fraction of sp³-hybridized carbons (Fsp3) is 0.308. The molecule has 0 atom stereocenters. The van der Waals surface area contributed by atoms with E-state index in [1.165, 1.54) is 19.1 Å². The van der Waals surface area contributed by atoms with Crippen LogP contribution in [0.3, 0.4) is 0 Å². The monoisotopic (exact) mass is 221 g/mol. The Hall–Kier alpha value is -1.64. The van der Waals surface area contributed by atoms with E-state index in [9.17, 15) is 9.18 Å². The number of hydrogen-bond acceptors (Lipinski definition) is 2. The summed E-state index contributed by atoms with van der Waals surface area (Å²) in [5.74, 6) is -0.513. The molecule has 0 spiro atoms. The first kappa shape index (κ1) is 12.4. The summed E-state index contributed by atoms with van der Waals surface area (Å²) in [6.07, 6.45) is 1.76. The zero-order valence-electron chi connectivity index (χ0n) is 9.66. The number of carbonyl (C=O) groups is 1. The summed E-state index contributed by atoms with van der Waals surface area (Å²) >= 11 is 0. The summed E-state index contributed by atoms with van der Waals surface area (Å²) in [5, 5.41) is 0. The van der Waals surface area contributed by atoms with E-state index in [0.717, 1.165) is 12.2 Å². The maximum atomic E-state index is 13.1. The second-order valence-corrected chi connectivity index (χ2v) is 3.54. The number of nitrogens with zero attached hydrogens (tertiary/aromatic N) is 1.